The highest BCUT2D eigenvalue weighted by molar-refractivity contribution is 7.98. The van der Waals surface area contributed by atoms with E-state index >= 15 is 0 Å². The molecule has 0 amide bonds. The van der Waals surface area contributed by atoms with E-state index in [-0.39, 0.29) is 6.61 Å². The molecule has 5 heteroatoms. The summed E-state index contributed by atoms with van der Waals surface area (Å²) >= 11 is 1.51. The summed E-state index contributed by atoms with van der Waals surface area (Å²) in [5, 5.41) is 12.9. The number of aliphatic hydroxyl groups is 1. The van der Waals surface area contributed by atoms with Gasteiger partial charge in [0.1, 0.15) is 5.82 Å². The Kier molecular flexibility index (Phi) is 4.55. The van der Waals surface area contributed by atoms with Crippen LogP contribution in [-0.4, -0.2) is 27.9 Å². The first-order valence-electron chi connectivity index (χ1n) is 5.65. The molecule has 0 bridgehead atoms. The van der Waals surface area contributed by atoms with Crippen LogP contribution < -0.4 is 5.32 Å². The van der Waals surface area contributed by atoms with E-state index in [0.29, 0.717) is 6.42 Å². The third kappa shape index (κ3) is 3.45. The topological polar surface area (TPSA) is 58.0 Å². The largest absolute Gasteiger partial charge is 0.396 e. The minimum Gasteiger partial charge on any atom is -0.396 e. The summed E-state index contributed by atoms with van der Waals surface area (Å²) in [7, 11) is 0. The Morgan fingerprint density at radius 2 is 2.22 bits per heavy atom. The zero-order valence-electron chi connectivity index (χ0n) is 10.1. The Hall–Kier alpha value is -1.59. The minimum atomic E-state index is 0.160. The number of rotatable bonds is 5. The highest BCUT2D eigenvalue weighted by Crippen LogP contribution is 2.18. The fourth-order valence-corrected chi connectivity index (χ4v) is 1.95. The van der Waals surface area contributed by atoms with Crippen LogP contribution in [0.3, 0.4) is 0 Å². The average Bonchev–Trinajstić information content (AvgIpc) is 2.40. The fourth-order valence-electron chi connectivity index (χ4n) is 1.59. The van der Waals surface area contributed by atoms with E-state index in [2.05, 4.69) is 15.3 Å². The molecule has 0 radical (unpaired) electrons. The van der Waals surface area contributed by atoms with Gasteiger partial charge in [0.25, 0.3) is 0 Å². The lowest BCUT2D eigenvalue weighted by Gasteiger charge is -2.07. The highest BCUT2D eigenvalue weighted by atomic mass is 32.2. The molecule has 2 aromatic rings. The lowest BCUT2D eigenvalue weighted by molar-refractivity contribution is 0.299. The molecule has 0 atom stereocenters. The zero-order valence-corrected chi connectivity index (χ0v) is 10.9. The van der Waals surface area contributed by atoms with E-state index in [1.165, 1.54) is 11.8 Å². The molecule has 0 unspecified atom stereocenters. The molecule has 0 saturated carbocycles. The van der Waals surface area contributed by atoms with Crippen molar-refractivity contribution in [3.63, 3.8) is 0 Å². The van der Waals surface area contributed by atoms with Gasteiger partial charge in [-0.2, -0.15) is 0 Å². The summed E-state index contributed by atoms with van der Waals surface area (Å²) in [4.78, 5) is 8.48. The number of hydrogen-bond donors (Lipinski definition) is 2. The predicted octanol–water partition coefficient (Wildman–Crippen LogP) is 2.48. The lowest BCUT2D eigenvalue weighted by Crippen LogP contribution is -1.97. The Balaban J connectivity index is 2.14. The monoisotopic (exact) mass is 261 g/mol. The normalized spacial score (nSPS) is 10.3. The van der Waals surface area contributed by atoms with Gasteiger partial charge in [0.2, 0.25) is 0 Å². The average molecular weight is 261 g/mol. The summed E-state index contributed by atoms with van der Waals surface area (Å²) in [6, 6.07) is 9.77. The maximum atomic E-state index is 8.92. The number of aromatic nitrogens is 2. The molecule has 0 aliphatic rings. The van der Waals surface area contributed by atoms with Gasteiger partial charge in [-0.15, -0.1) is 0 Å². The number of hydrogen-bond acceptors (Lipinski definition) is 5. The lowest BCUT2D eigenvalue weighted by atomic mass is 10.1. The summed E-state index contributed by atoms with van der Waals surface area (Å²) in [6.07, 6.45) is 4.34. The van der Waals surface area contributed by atoms with E-state index in [9.17, 15) is 0 Å². The van der Waals surface area contributed by atoms with Crippen LogP contribution in [0.4, 0.5) is 11.5 Å². The first-order valence-corrected chi connectivity index (χ1v) is 6.88. The minimum absolute atomic E-state index is 0.160. The standard InChI is InChI=1S/C13H15N3OS/c1-18-13-14-7-5-12(16-13)15-11-4-2-3-10(9-11)6-8-17/h2-5,7,9,17H,6,8H2,1H3,(H,14,15,16). The van der Waals surface area contributed by atoms with Crippen LogP contribution in [-0.2, 0) is 6.42 Å². The van der Waals surface area contributed by atoms with Crippen LogP contribution in [0, 0.1) is 0 Å². The van der Waals surface area contributed by atoms with Gasteiger partial charge in [0.15, 0.2) is 5.16 Å². The number of nitrogens with zero attached hydrogens (tertiary/aromatic N) is 2. The van der Waals surface area contributed by atoms with Gasteiger partial charge < -0.3 is 10.4 Å². The van der Waals surface area contributed by atoms with Crippen molar-refractivity contribution in [3.8, 4) is 0 Å². The first kappa shape index (κ1) is 12.9. The summed E-state index contributed by atoms with van der Waals surface area (Å²) in [6.45, 7) is 0.160. The Morgan fingerprint density at radius 3 is 3.00 bits per heavy atom. The summed E-state index contributed by atoms with van der Waals surface area (Å²) in [5.41, 5.74) is 2.06. The molecular weight excluding hydrogens is 246 g/mol. The zero-order chi connectivity index (χ0) is 12.8. The molecule has 94 valence electrons. The third-order valence-corrected chi connectivity index (χ3v) is 2.98. The second-order valence-electron chi connectivity index (χ2n) is 3.73. The van der Waals surface area contributed by atoms with Crippen molar-refractivity contribution >= 4 is 23.3 Å². The number of thioether (sulfide) groups is 1. The van der Waals surface area contributed by atoms with Crippen molar-refractivity contribution in [2.24, 2.45) is 0 Å². The highest BCUT2D eigenvalue weighted by Gasteiger charge is 2.00. The number of benzene rings is 1. The molecule has 4 nitrogen and oxygen atoms in total. The quantitative estimate of drug-likeness (QED) is 0.639. The maximum absolute atomic E-state index is 8.92. The van der Waals surface area contributed by atoms with E-state index in [0.717, 1.165) is 22.2 Å². The van der Waals surface area contributed by atoms with Gasteiger partial charge in [0.05, 0.1) is 0 Å². The van der Waals surface area contributed by atoms with Crippen molar-refractivity contribution in [1.29, 1.82) is 0 Å². The van der Waals surface area contributed by atoms with E-state index in [1.807, 2.05) is 36.6 Å². The second kappa shape index (κ2) is 6.37. The smallest absolute Gasteiger partial charge is 0.189 e. The van der Waals surface area contributed by atoms with Crippen molar-refractivity contribution in [3.05, 3.63) is 42.1 Å². The van der Waals surface area contributed by atoms with Crippen LogP contribution in [0.25, 0.3) is 0 Å². The Morgan fingerprint density at radius 1 is 1.33 bits per heavy atom. The van der Waals surface area contributed by atoms with Crippen LogP contribution in [0.15, 0.2) is 41.7 Å². The molecule has 1 heterocycles. The van der Waals surface area contributed by atoms with Crippen LogP contribution >= 0.6 is 11.8 Å². The van der Waals surface area contributed by atoms with Crippen molar-refractivity contribution in [1.82, 2.24) is 9.97 Å². The second-order valence-corrected chi connectivity index (χ2v) is 4.50. The van der Waals surface area contributed by atoms with Crippen molar-refractivity contribution in [2.75, 3.05) is 18.2 Å². The van der Waals surface area contributed by atoms with Crippen LogP contribution in [0.1, 0.15) is 5.56 Å². The summed E-state index contributed by atoms with van der Waals surface area (Å²) in [5.74, 6) is 0.774. The van der Waals surface area contributed by atoms with Gasteiger partial charge in [-0.1, -0.05) is 23.9 Å². The van der Waals surface area contributed by atoms with Crippen molar-refractivity contribution < 1.29 is 5.11 Å². The molecule has 0 aliphatic heterocycles. The van der Waals surface area contributed by atoms with Gasteiger partial charge in [-0.05, 0) is 36.4 Å². The SMILES string of the molecule is CSc1nccc(Nc2cccc(CCO)c2)n1. The maximum Gasteiger partial charge on any atom is 0.189 e. The number of nitrogens with one attached hydrogen (secondary N) is 1. The molecule has 0 saturated heterocycles. The van der Waals surface area contributed by atoms with Gasteiger partial charge in [-0.3, -0.25) is 0 Å². The number of aliphatic hydroxyl groups excluding tert-OH is 1. The fraction of sp³-hybridized carbons (Fsp3) is 0.231. The van der Waals surface area contributed by atoms with Gasteiger partial charge in [0, 0.05) is 18.5 Å². The van der Waals surface area contributed by atoms with Crippen molar-refractivity contribution in [2.45, 2.75) is 11.6 Å². The van der Waals surface area contributed by atoms with E-state index in [1.54, 1.807) is 6.20 Å². The molecule has 0 fully saturated rings. The molecule has 0 spiro atoms. The molecule has 1 aromatic carbocycles. The van der Waals surface area contributed by atoms with Gasteiger partial charge >= 0.3 is 0 Å². The van der Waals surface area contributed by atoms with Gasteiger partial charge in [-0.25, -0.2) is 9.97 Å². The molecule has 0 aliphatic carbocycles. The Labute approximate surface area is 110 Å². The number of anilines is 2. The van der Waals surface area contributed by atoms with Crippen LogP contribution in [0.5, 0.6) is 0 Å². The Bertz CT molecular complexity index is 519. The molecular formula is C13H15N3OS. The van der Waals surface area contributed by atoms with Crippen LogP contribution in [0.2, 0.25) is 0 Å². The molecule has 2 N–H and O–H groups in total. The molecule has 18 heavy (non-hydrogen) atoms. The first-order chi connectivity index (χ1) is 8.81. The molecule has 1 aromatic heterocycles. The third-order valence-electron chi connectivity index (χ3n) is 2.42. The van der Waals surface area contributed by atoms with E-state index in [4.69, 9.17) is 5.11 Å². The molecule has 2 rings (SSSR count). The summed E-state index contributed by atoms with van der Waals surface area (Å²) < 4.78 is 0. The predicted molar refractivity (Wildman–Crippen MR) is 74.3 cm³/mol. The van der Waals surface area contributed by atoms with E-state index < -0.39 is 0 Å².